The first-order valence-electron chi connectivity index (χ1n) is 9.12. The van der Waals surface area contributed by atoms with E-state index in [1.165, 1.54) is 13.0 Å². The minimum atomic E-state index is -0.101. The van der Waals surface area contributed by atoms with E-state index < -0.39 is 0 Å². The summed E-state index contributed by atoms with van der Waals surface area (Å²) in [5.74, 6) is 0.666. The standard InChI is InChI=1S/C22H24N2O3/c1-3-22(26)24-13-11-18(12-14-24)27-19-8-6-7-17(15-19)20-9-4-5-10-21(20)23-16(2)25/h3-10,15,18H,1,11-14H2,2H3,(H,23,25). The number of para-hydroxylation sites is 1. The summed E-state index contributed by atoms with van der Waals surface area (Å²) in [7, 11) is 0. The third kappa shape index (κ3) is 4.76. The second kappa shape index (κ2) is 8.54. The van der Waals surface area contributed by atoms with Crippen molar-refractivity contribution in [1.82, 2.24) is 4.90 Å². The van der Waals surface area contributed by atoms with Crippen LogP contribution >= 0.6 is 0 Å². The predicted molar refractivity (Wildman–Crippen MR) is 107 cm³/mol. The summed E-state index contributed by atoms with van der Waals surface area (Å²) in [4.78, 5) is 24.9. The Morgan fingerprint density at radius 3 is 2.59 bits per heavy atom. The molecule has 0 aromatic heterocycles. The van der Waals surface area contributed by atoms with Crippen LogP contribution < -0.4 is 10.1 Å². The van der Waals surface area contributed by atoms with Gasteiger partial charge in [0, 0.05) is 44.1 Å². The van der Waals surface area contributed by atoms with Gasteiger partial charge < -0.3 is 15.0 Å². The van der Waals surface area contributed by atoms with E-state index in [4.69, 9.17) is 4.74 Å². The molecular weight excluding hydrogens is 340 g/mol. The van der Waals surface area contributed by atoms with Gasteiger partial charge in [0.1, 0.15) is 11.9 Å². The molecule has 1 aliphatic rings. The highest BCUT2D eigenvalue weighted by Crippen LogP contribution is 2.31. The number of amides is 2. The van der Waals surface area contributed by atoms with Gasteiger partial charge >= 0.3 is 0 Å². The molecule has 0 saturated carbocycles. The molecule has 27 heavy (non-hydrogen) atoms. The third-order valence-electron chi connectivity index (χ3n) is 4.61. The average Bonchev–Trinajstić information content (AvgIpc) is 2.68. The molecule has 1 N–H and O–H groups in total. The Morgan fingerprint density at radius 1 is 1.15 bits per heavy atom. The topological polar surface area (TPSA) is 58.6 Å². The Labute approximate surface area is 159 Å². The monoisotopic (exact) mass is 364 g/mol. The van der Waals surface area contributed by atoms with Crippen LogP contribution in [0.15, 0.2) is 61.2 Å². The molecule has 0 atom stereocenters. The van der Waals surface area contributed by atoms with Gasteiger partial charge in [0.25, 0.3) is 0 Å². The summed E-state index contributed by atoms with van der Waals surface area (Å²) in [5.41, 5.74) is 2.71. The van der Waals surface area contributed by atoms with E-state index in [0.717, 1.165) is 35.4 Å². The quantitative estimate of drug-likeness (QED) is 0.820. The second-order valence-corrected chi connectivity index (χ2v) is 6.60. The minimum absolute atomic E-state index is 0.0231. The molecule has 0 aliphatic carbocycles. The SMILES string of the molecule is C=CC(=O)N1CCC(Oc2cccc(-c3ccccc3NC(C)=O)c2)CC1. The lowest BCUT2D eigenvalue weighted by Crippen LogP contribution is -2.41. The van der Waals surface area contributed by atoms with Crippen molar-refractivity contribution in [2.24, 2.45) is 0 Å². The van der Waals surface area contributed by atoms with Crippen LogP contribution in [0.25, 0.3) is 11.1 Å². The fourth-order valence-corrected chi connectivity index (χ4v) is 3.29. The summed E-state index contributed by atoms with van der Waals surface area (Å²) < 4.78 is 6.15. The van der Waals surface area contributed by atoms with E-state index in [9.17, 15) is 9.59 Å². The number of likely N-dealkylation sites (tertiary alicyclic amines) is 1. The third-order valence-corrected chi connectivity index (χ3v) is 4.61. The highest BCUT2D eigenvalue weighted by Gasteiger charge is 2.22. The first-order chi connectivity index (χ1) is 13.1. The zero-order valence-electron chi connectivity index (χ0n) is 15.5. The number of carbonyl (C=O) groups is 2. The van der Waals surface area contributed by atoms with E-state index in [2.05, 4.69) is 11.9 Å². The Kier molecular flexibility index (Phi) is 5.91. The molecule has 0 unspecified atom stereocenters. The van der Waals surface area contributed by atoms with E-state index in [1.54, 1.807) is 4.90 Å². The molecule has 1 fully saturated rings. The second-order valence-electron chi connectivity index (χ2n) is 6.60. The number of carbonyl (C=O) groups excluding carboxylic acids is 2. The summed E-state index contributed by atoms with van der Waals surface area (Å²) in [6.07, 6.45) is 3.04. The summed E-state index contributed by atoms with van der Waals surface area (Å²) in [6.45, 7) is 6.40. The molecule has 5 nitrogen and oxygen atoms in total. The molecule has 5 heteroatoms. The molecule has 3 rings (SSSR count). The lowest BCUT2D eigenvalue weighted by Gasteiger charge is -2.31. The average molecular weight is 364 g/mol. The molecule has 1 saturated heterocycles. The fraction of sp³-hybridized carbons (Fsp3) is 0.273. The number of nitrogens with zero attached hydrogens (tertiary/aromatic N) is 1. The number of benzene rings is 2. The van der Waals surface area contributed by atoms with Crippen LogP contribution in [0.5, 0.6) is 5.75 Å². The Hall–Kier alpha value is -3.08. The van der Waals surface area contributed by atoms with Crippen LogP contribution in [0.2, 0.25) is 0 Å². The summed E-state index contributed by atoms with van der Waals surface area (Å²) in [6, 6.07) is 15.6. The largest absolute Gasteiger partial charge is 0.490 e. The van der Waals surface area contributed by atoms with Gasteiger partial charge in [0.15, 0.2) is 0 Å². The van der Waals surface area contributed by atoms with Gasteiger partial charge in [0.05, 0.1) is 0 Å². The Balaban J connectivity index is 1.71. The molecule has 1 aliphatic heterocycles. The molecule has 140 valence electrons. The lowest BCUT2D eigenvalue weighted by atomic mass is 10.0. The van der Waals surface area contributed by atoms with Crippen LogP contribution in [0.4, 0.5) is 5.69 Å². The predicted octanol–water partition coefficient (Wildman–Crippen LogP) is 3.87. The maximum Gasteiger partial charge on any atom is 0.245 e. The van der Waals surface area contributed by atoms with Crippen molar-refractivity contribution >= 4 is 17.5 Å². The number of ether oxygens (including phenoxy) is 1. The summed E-state index contributed by atoms with van der Waals surface area (Å²) in [5, 5.41) is 2.87. The molecule has 0 spiro atoms. The van der Waals surface area contributed by atoms with Crippen LogP contribution in [0.3, 0.4) is 0 Å². The van der Waals surface area contributed by atoms with Crippen molar-refractivity contribution in [2.75, 3.05) is 18.4 Å². The van der Waals surface area contributed by atoms with Gasteiger partial charge in [-0.15, -0.1) is 0 Å². The zero-order chi connectivity index (χ0) is 19.2. The van der Waals surface area contributed by atoms with E-state index in [1.807, 2.05) is 48.5 Å². The molecular formula is C22H24N2O3. The van der Waals surface area contributed by atoms with Crippen molar-refractivity contribution < 1.29 is 14.3 Å². The van der Waals surface area contributed by atoms with E-state index in [-0.39, 0.29) is 17.9 Å². The highest BCUT2D eigenvalue weighted by molar-refractivity contribution is 5.94. The molecule has 1 heterocycles. The van der Waals surface area contributed by atoms with Crippen LogP contribution in [0.1, 0.15) is 19.8 Å². The van der Waals surface area contributed by atoms with Crippen LogP contribution in [-0.2, 0) is 9.59 Å². The summed E-state index contributed by atoms with van der Waals surface area (Å²) >= 11 is 0. The number of rotatable bonds is 5. The molecule has 2 aromatic rings. The van der Waals surface area contributed by atoms with Gasteiger partial charge in [0.2, 0.25) is 11.8 Å². The normalized spacial score (nSPS) is 14.5. The van der Waals surface area contributed by atoms with Crippen molar-refractivity contribution in [1.29, 1.82) is 0 Å². The maximum atomic E-state index is 11.7. The Bertz CT molecular complexity index is 839. The van der Waals surface area contributed by atoms with E-state index in [0.29, 0.717) is 13.1 Å². The van der Waals surface area contributed by atoms with Crippen molar-refractivity contribution in [3.63, 3.8) is 0 Å². The van der Waals surface area contributed by atoms with Gasteiger partial charge in [-0.1, -0.05) is 36.9 Å². The number of piperidine rings is 1. The van der Waals surface area contributed by atoms with Gasteiger partial charge in [-0.3, -0.25) is 9.59 Å². The molecule has 2 amide bonds. The Morgan fingerprint density at radius 2 is 1.89 bits per heavy atom. The number of anilines is 1. The molecule has 0 bridgehead atoms. The van der Waals surface area contributed by atoms with Gasteiger partial charge in [-0.25, -0.2) is 0 Å². The molecule has 2 aromatic carbocycles. The van der Waals surface area contributed by atoms with Crippen molar-refractivity contribution in [3.05, 3.63) is 61.2 Å². The number of hydrogen-bond donors (Lipinski definition) is 1. The first-order valence-corrected chi connectivity index (χ1v) is 9.12. The maximum absolute atomic E-state index is 11.7. The van der Waals surface area contributed by atoms with Gasteiger partial charge in [-0.2, -0.15) is 0 Å². The number of hydrogen-bond acceptors (Lipinski definition) is 3. The number of nitrogens with one attached hydrogen (secondary N) is 1. The van der Waals surface area contributed by atoms with Gasteiger partial charge in [-0.05, 0) is 29.8 Å². The smallest absolute Gasteiger partial charge is 0.245 e. The highest BCUT2D eigenvalue weighted by atomic mass is 16.5. The zero-order valence-corrected chi connectivity index (χ0v) is 15.5. The first kappa shape index (κ1) is 18.7. The lowest BCUT2D eigenvalue weighted by molar-refractivity contribution is -0.127. The van der Waals surface area contributed by atoms with Crippen LogP contribution in [-0.4, -0.2) is 35.9 Å². The minimum Gasteiger partial charge on any atom is -0.490 e. The molecule has 0 radical (unpaired) electrons. The van der Waals surface area contributed by atoms with Crippen molar-refractivity contribution in [3.8, 4) is 16.9 Å². The van der Waals surface area contributed by atoms with Crippen molar-refractivity contribution in [2.45, 2.75) is 25.9 Å². The van der Waals surface area contributed by atoms with Crippen LogP contribution in [0, 0.1) is 0 Å². The fourth-order valence-electron chi connectivity index (χ4n) is 3.29. The van der Waals surface area contributed by atoms with E-state index >= 15 is 0 Å².